The lowest BCUT2D eigenvalue weighted by atomic mass is 10.1. The first-order chi connectivity index (χ1) is 13.1. The monoisotopic (exact) mass is 372 g/mol. The predicted octanol–water partition coefficient (Wildman–Crippen LogP) is 2.69. The Morgan fingerprint density at radius 2 is 2.11 bits per heavy atom. The van der Waals surface area contributed by atoms with E-state index in [4.69, 9.17) is 4.74 Å². The first-order valence-corrected chi connectivity index (χ1v) is 9.64. The Balaban J connectivity index is 1.90. The number of aryl methyl sites for hydroxylation is 2. The number of ether oxygens (including phenoxy) is 1. The molecule has 2 rings (SSSR count). The highest BCUT2D eigenvalue weighted by atomic mass is 16.5. The number of guanidine groups is 1. The normalized spacial score (nSPS) is 12.7. The lowest BCUT2D eigenvalue weighted by molar-refractivity contribution is 0.215. The third kappa shape index (κ3) is 6.27. The van der Waals surface area contributed by atoms with Gasteiger partial charge in [0.1, 0.15) is 17.9 Å². The molecule has 0 spiro atoms. The van der Waals surface area contributed by atoms with E-state index in [2.05, 4.69) is 76.3 Å². The smallest absolute Gasteiger partial charge is 0.191 e. The van der Waals surface area contributed by atoms with Crippen LogP contribution in [-0.2, 0) is 19.5 Å². The van der Waals surface area contributed by atoms with Gasteiger partial charge in [-0.25, -0.2) is 0 Å². The number of aliphatic imine (C=N–C) groups is 1. The third-order valence-electron chi connectivity index (χ3n) is 4.45. The lowest BCUT2D eigenvalue weighted by Crippen LogP contribution is -2.38. The van der Waals surface area contributed by atoms with Crippen molar-refractivity contribution in [2.45, 2.75) is 59.7 Å². The fourth-order valence-corrected chi connectivity index (χ4v) is 2.65. The maximum atomic E-state index is 6.08. The van der Waals surface area contributed by atoms with E-state index in [0.717, 1.165) is 49.0 Å². The van der Waals surface area contributed by atoms with Crippen molar-refractivity contribution in [2.24, 2.45) is 4.99 Å². The molecule has 0 aliphatic heterocycles. The van der Waals surface area contributed by atoms with Gasteiger partial charge in [-0.05, 0) is 31.9 Å². The van der Waals surface area contributed by atoms with Crippen LogP contribution in [0.4, 0.5) is 0 Å². The first kappa shape index (κ1) is 20.7. The van der Waals surface area contributed by atoms with Gasteiger partial charge in [0.2, 0.25) is 0 Å². The second kappa shape index (κ2) is 10.5. The zero-order chi connectivity index (χ0) is 19.6. The van der Waals surface area contributed by atoms with Crippen molar-refractivity contribution in [1.29, 1.82) is 0 Å². The van der Waals surface area contributed by atoms with Crippen molar-refractivity contribution in [3.05, 3.63) is 41.5 Å². The summed E-state index contributed by atoms with van der Waals surface area (Å²) in [6.45, 7) is 10.6. The molecular formula is C20H32N6O. The molecule has 0 radical (unpaired) electrons. The minimum atomic E-state index is 0.194. The Kier molecular flexibility index (Phi) is 8.10. The Hall–Kier alpha value is -2.57. The molecule has 0 saturated heterocycles. The second-order valence-corrected chi connectivity index (χ2v) is 6.59. The van der Waals surface area contributed by atoms with Gasteiger partial charge in [0.15, 0.2) is 5.96 Å². The molecule has 0 amide bonds. The Bertz CT molecular complexity index is 740. The van der Waals surface area contributed by atoms with Crippen LogP contribution in [0.3, 0.4) is 0 Å². The van der Waals surface area contributed by atoms with Gasteiger partial charge in [0.25, 0.3) is 0 Å². The van der Waals surface area contributed by atoms with E-state index in [-0.39, 0.29) is 6.10 Å². The standard InChI is InChI=1S/C20H32N6O/c1-6-16(4)27-18-12-15(3)8-9-17(18)13-23-20(21-5)22-10-11-26-14-24-25-19(26)7-2/h8-9,12,14,16H,6-7,10-11,13H2,1-5H3,(H2,21,22,23). The van der Waals surface area contributed by atoms with Gasteiger partial charge in [-0.15, -0.1) is 10.2 Å². The molecule has 2 N–H and O–H groups in total. The number of hydrogen-bond donors (Lipinski definition) is 2. The van der Waals surface area contributed by atoms with Gasteiger partial charge in [-0.2, -0.15) is 0 Å². The number of nitrogens with one attached hydrogen (secondary N) is 2. The van der Waals surface area contributed by atoms with Crippen molar-refractivity contribution in [3.63, 3.8) is 0 Å². The maximum absolute atomic E-state index is 6.08. The summed E-state index contributed by atoms with van der Waals surface area (Å²) >= 11 is 0. The highest BCUT2D eigenvalue weighted by Gasteiger charge is 2.09. The van der Waals surface area contributed by atoms with Crippen LogP contribution in [0, 0.1) is 6.92 Å². The van der Waals surface area contributed by atoms with E-state index >= 15 is 0 Å². The molecule has 1 aromatic heterocycles. The van der Waals surface area contributed by atoms with Crippen LogP contribution in [0.25, 0.3) is 0 Å². The van der Waals surface area contributed by atoms with Gasteiger partial charge < -0.3 is 19.9 Å². The van der Waals surface area contributed by atoms with Crippen LogP contribution in [0.2, 0.25) is 0 Å². The Morgan fingerprint density at radius 1 is 1.30 bits per heavy atom. The highest BCUT2D eigenvalue weighted by Crippen LogP contribution is 2.22. The number of hydrogen-bond acceptors (Lipinski definition) is 4. The summed E-state index contributed by atoms with van der Waals surface area (Å²) < 4.78 is 8.13. The molecule has 0 fully saturated rings. The minimum Gasteiger partial charge on any atom is -0.490 e. The van der Waals surface area contributed by atoms with Crippen LogP contribution >= 0.6 is 0 Å². The zero-order valence-electron chi connectivity index (χ0n) is 17.1. The average molecular weight is 373 g/mol. The van der Waals surface area contributed by atoms with E-state index in [9.17, 15) is 0 Å². The van der Waals surface area contributed by atoms with Gasteiger partial charge in [-0.3, -0.25) is 4.99 Å². The summed E-state index contributed by atoms with van der Waals surface area (Å²) in [5, 5.41) is 14.8. The topological polar surface area (TPSA) is 76.4 Å². The van der Waals surface area contributed by atoms with Crippen LogP contribution in [0.15, 0.2) is 29.5 Å². The second-order valence-electron chi connectivity index (χ2n) is 6.59. The quantitative estimate of drug-likeness (QED) is 0.523. The summed E-state index contributed by atoms with van der Waals surface area (Å²) in [6.07, 6.45) is 3.81. The fraction of sp³-hybridized carbons (Fsp3) is 0.550. The molecule has 1 unspecified atom stereocenters. The highest BCUT2D eigenvalue weighted by molar-refractivity contribution is 5.79. The van der Waals surface area contributed by atoms with Gasteiger partial charge in [0.05, 0.1) is 6.10 Å². The summed E-state index contributed by atoms with van der Waals surface area (Å²) in [6, 6.07) is 6.31. The average Bonchev–Trinajstić information content (AvgIpc) is 3.13. The van der Waals surface area contributed by atoms with Crippen molar-refractivity contribution in [2.75, 3.05) is 13.6 Å². The molecule has 1 heterocycles. The molecule has 1 aromatic carbocycles. The van der Waals surface area contributed by atoms with E-state index < -0.39 is 0 Å². The van der Waals surface area contributed by atoms with Crippen LogP contribution in [-0.4, -0.2) is 40.4 Å². The molecule has 0 aliphatic rings. The van der Waals surface area contributed by atoms with Crippen LogP contribution in [0.5, 0.6) is 5.75 Å². The summed E-state index contributed by atoms with van der Waals surface area (Å²) in [4.78, 5) is 4.30. The van der Waals surface area contributed by atoms with E-state index in [0.29, 0.717) is 6.54 Å². The van der Waals surface area contributed by atoms with E-state index in [1.54, 1.807) is 13.4 Å². The lowest BCUT2D eigenvalue weighted by Gasteiger charge is -2.18. The zero-order valence-corrected chi connectivity index (χ0v) is 17.1. The SMILES string of the molecule is CCc1nncn1CCNC(=NC)NCc1ccc(C)cc1OC(C)CC. The molecular weight excluding hydrogens is 340 g/mol. The van der Waals surface area contributed by atoms with E-state index in [1.165, 1.54) is 5.56 Å². The molecule has 0 aliphatic carbocycles. The van der Waals surface area contributed by atoms with Gasteiger partial charge in [0, 0.05) is 38.7 Å². The summed E-state index contributed by atoms with van der Waals surface area (Å²) in [7, 11) is 1.78. The predicted molar refractivity (Wildman–Crippen MR) is 109 cm³/mol. The number of rotatable bonds is 9. The van der Waals surface area contributed by atoms with Crippen LogP contribution in [0.1, 0.15) is 44.1 Å². The summed E-state index contributed by atoms with van der Waals surface area (Å²) in [5.41, 5.74) is 2.32. The largest absolute Gasteiger partial charge is 0.490 e. The molecule has 7 nitrogen and oxygen atoms in total. The van der Waals surface area contributed by atoms with E-state index in [1.807, 2.05) is 0 Å². The van der Waals surface area contributed by atoms with Gasteiger partial charge >= 0.3 is 0 Å². The van der Waals surface area contributed by atoms with Crippen molar-refractivity contribution in [3.8, 4) is 5.75 Å². The Morgan fingerprint density at radius 3 is 2.81 bits per heavy atom. The number of aromatic nitrogens is 3. The molecule has 0 bridgehead atoms. The first-order valence-electron chi connectivity index (χ1n) is 9.64. The van der Waals surface area contributed by atoms with Crippen molar-refractivity contribution >= 4 is 5.96 Å². The minimum absolute atomic E-state index is 0.194. The Labute approximate surface area is 162 Å². The van der Waals surface area contributed by atoms with Gasteiger partial charge in [-0.1, -0.05) is 26.0 Å². The fourth-order valence-electron chi connectivity index (χ4n) is 2.65. The number of benzene rings is 1. The summed E-state index contributed by atoms with van der Waals surface area (Å²) in [5.74, 6) is 2.69. The van der Waals surface area contributed by atoms with Crippen LogP contribution < -0.4 is 15.4 Å². The molecule has 0 saturated carbocycles. The third-order valence-corrected chi connectivity index (χ3v) is 4.45. The molecule has 2 aromatic rings. The molecule has 7 heteroatoms. The molecule has 148 valence electrons. The maximum Gasteiger partial charge on any atom is 0.191 e. The molecule has 1 atom stereocenters. The number of nitrogens with zero attached hydrogens (tertiary/aromatic N) is 4. The van der Waals surface area contributed by atoms with Crippen molar-refractivity contribution < 1.29 is 4.74 Å². The molecule has 27 heavy (non-hydrogen) atoms. The van der Waals surface area contributed by atoms with Crippen molar-refractivity contribution in [1.82, 2.24) is 25.4 Å².